The predicted molar refractivity (Wildman–Crippen MR) is 38.4 cm³/mol. The molecule has 1 fully saturated rings. The van der Waals surface area contributed by atoms with Crippen molar-refractivity contribution < 1.29 is 4.74 Å². The average Bonchev–Trinajstić information content (AvgIpc) is 2.03. The summed E-state index contributed by atoms with van der Waals surface area (Å²) >= 11 is 0. The molecule has 0 aromatic heterocycles. The normalized spacial score (nSPS) is 18.1. The first-order chi connectivity index (χ1) is 4.93. The summed E-state index contributed by atoms with van der Waals surface area (Å²) in [6.45, 7) is 1.66. The van der Waals surface area contributed by atoms with Gasteiger partial charge in [0, 0.05) is 0 Å². The van der Waals surface area contributed by atoms with E-state index in [9.17, 15) is 0 Å². The van der Waals surface area contributed by atoms with Crippen LogP contribution >= 0.6 is 0 Å². The Morgan fingerprint density at radius 3 is 2.80 bits per heavy atom. The molecule has 0 amide bonds. The standard InChI is InChI=1S/C8H11NO/c9-5-1-2-8-3-6-10-7-4-8/h2H,1,3-4,6-7H2. The fourth-order valence-electron chi connectivity index (χ4n) is 1.03. The Morgan fingerprint density at radius 2 is 2.20 bits per heavy atom. The van der Waals surface area contributed by atoms with Gasteiger partial charge in [0.1, 0.15) is 0 Å². The van der Waals surface area contributed by atoms with E-state index in [1.54, 1.807) is 0 Å². The first kappa shape index (κ1) is 7.30. The largest absolute Gasteiger partial charge is 0.381 e. The summed E-state index contributed by atoms with van der Waals surface area (Å²) < 4.78 is 5.16. The van der Waals surface area contributed by atoms with E-state index in [-0.39, 0.29) is 0 Å². The Balaban J connectivity index is 2.32. The van der Waals surface area contributed by atoms with Gasteiger partial charge in [-0.3, -0.25) is 0 Å². The van der Waals surface area contributed by atoms with Gasteiger partial charge in [-0.2, -0.15) is 5.26 Å². The van der Waals surface area contributed by atoms with Crippen LogP contribution in [0.4, 0.5) is 0 Å². The van der Waals surface area contributed by atoms with Gasteiger partial charge in [0.05, 0.1) is 25.7 Å². The molecule has 54 valence electrons. The van der Waals surface area contributed by atoms with Gasteiger partial charge in [-0.25, -0.2) is 0 Å². The summed E-state index contributed by atoms with van der Waals surface area (Å²) in [4.78, 5) is 0. The second-order valence-corrected chi connectivity index (χ2v) is 2.34. The van der Waals surface area contributed by atoms with Gasteiger partial charge in [0.25, 0.3) is 0 Å². The summed E-state index contributed by atoms with van der Waals surface area (Å²) in [7, 11) is 0. The summed E-state index contributed by atoms with van der Waals surface area (Å²) in [6.07, 6.45) is 4.60. The molecule has 1 aliphatic heterocycles. The number of nitriles is 1. The van der Waals surface area contributed by atoms with Crippen LogP contribution in [0.3, 0.4) is 0 Å². The molecule has 1 saturated heterocycles. The number of ether oxygens (including phenoxy) is 1. The molecule has 0 radical (unpaired) electrons. The molecule has 1 rings (SSSR count). The van der Waals surface area contributed by atoms with Crippen LogP contribution in [0.25, 0.3) is 0 Å². The lowest BCUT2D eigenvalue weighted by Gasteiger charge is -2.13. The third-order valence-corrected chi connectivity index (χ3v) is 1.62. The number of nitrogens with zero attached hydrogens (tertiary/aromatic N) is 1. The molecule has 0 atom stereocenters. The lowest BCUT2D eigenvalue weighted by molar-refractivity contribution is 0.119. The van der Waals surface area contributed by atoms with Crippen molar-refractivity contribution in [3.8, 4) is 6.07 Å². The molecule has 2 nitrogen and oxygen atoms in total. The van der Waals surface area contributed by atoms with Gasteiger partial charge >= 0.3 is 0 Å². The van der Waals surface area contributed by atoms with Gasteiger partial charge in [-0.15, -0.1) is 0 Å². The number of hydrogen-bond acceptors (Lipinski definition) is 2. The number of rotatable bonds is 1. The minimum atomic E-state index is 0.551. The first-order valence-corrected chi connectivity index (χ1v) is 3.56. The summed E-state index contributed by atoms with van der Waals surface area (Å²) in [5.41, 5.74) is 1.38. The van der Waals surface area contributed by atoms with Crippen LogP contribution in [0.15, 0.2) is 11.6 Å². The highest BCUT2D eigenvalue weighted by Crippen LogP contribution is 2.13. The van der Waals surface area contributed by atoms with E-state index in [4.69, 9.17) is 10.00 Å². The van der Waals surface area contributed by atoms with Crippen molar-refractivity contribution >= 4 is 0 Å². The molecule has 0 spiro atoms. The van der Waals surface area contributed by atoms with E-state index in [1.165, 1.54) is 5.57 Å². The smallest absolute Gasteiger partial charge is 0.0663 e. The lowest BCUT2D eigenvalue weighted by atomic mass is 10.1. The molecule has 10 heavy (non-hydrogen) atoms. The van der Waals surface area contributed by atoms with Crippen LogP contribution < -0.4 is 0 Å². The molecule has 0 aromatic rings. The van der Waals surface area contributed by atoms with Crippen LogP contribution in [-0.4, -0.2) is 13.2 Å². The van der Waals surface area contributed by atoms with Crippen LogP contribution in [0.5, 0.6) is 0 Å². The Bertz CT molecular complexity index is 159. The zero-order valence-corrected chi connectivity index (χ0v) is 5.97. The van der Waals surface area contributed by atoms with E-state index in [1.807, 2.05) is 6.08 Å². The van der Waals surface area contributed by atoms with E-state index in [0.717, 1.165) is 26.1 Å². The average molecular weight is 137 g/mol. The van der Waals surface area contributed by atoms with Crippen molar-refractivity contribution in [2.24, 2.45) is 0 Å². The summed E-state index contributed by atoms with van der Waals surface area (Å²) in [6, 6.07) is 2.10. The monoisotopic (exact) mass is 137 g/mol. The molecule has 0 aromatic carbocycles. The summed E-state index contributed by atoms with van der Waals surface area (Å²) in [5, 5.41) is 8.27. The third-order valence-electron chi connectivity index (χ3n) is 1.62. The highest BCUT2D eigenvalue weighted by Gasteiger charge is 2.03. The molecular weight excluding hydrogens is 126 g/mol. The van der Waals surface area contributed by atoms with E-state index < -0.39 is 0 Å². The van der Waals surface area contributed by atoms with E-state index in [0.29, 0.717) is 6.42 Å². The Hall–Kier alpha value is -0.810. The van der Waals surface area contributed by atoms with Gasteiger partial charge in [-0.05, 0) is 12.8 Å². The maximum absolute atomic E-state index is 8.27. The van der Waals surface area contributed by atoms with Crippen molar-refractivity contribution in [3.05, 3.63) is 11.6 Å². The Morgan fingerprint density at radius 1 is 1.50 bits per heavy atom. The third kappa shape index (κ3) is 2.20. The molecule has 2 heteroatoms. The SMILES string of the molecule is N#CCC=C1CCOCC1. The second-order valence-electron chi connectivity index (χ2n) is 2.34. The van der Waals surface area contributed by atoms with Crippen molar-refractivity contribution in [3.63, 3.8) is 0 Å². The molecule has 0 saturated carbocycles. The maximum atomic E-state index is 8.27. The van der Waals surface area contributed by atoms with Gasteiger partial charge in [0.15, 0.2) is 0 Å². The van der Waals surface area contributed by atoms with Crippen LogP contribution in [0.2, 0.25) is 0 Å². The fraction of sp³-hybridized carbons (Fsp3) is 0.625. The topological polar surface area (TPSA) is 33.0 Å². The fourth-order valence-corrected chi connectivity index (χ4v) is 1.03. The minimum absolute atomic E-state index is 0.551. The van der Waals surface area contributed by atoms with Crippen molar-refractivity contribution in [2.45, 2.75) is 19.3 Å². The van der Waals surface area contributed by atoms with E-state index >= 15 is 0 Å². The second kappa shape index (κ2) is 4.08. The van der Waals surface area contributed by atoms with Crippen LogP contribution in [-0.2, 0) is 4.74 Å². The van der Waals surface area contributed by atoms with Crippen molar-refractivity contribution in [1.82, 2.24) is 0 Å². The van der Waals surface area contributed by atoms with Gasteiger partial charge in [-0.1, -0.05) is 11.6 Å². The van der Waals surface area contributed by atoms with Crippen molar-refractivity contribution in [2.75, 3.05) is 13.2 Å². The van der Waals surface area contributed by atoms with E-state index in [2.05, 4.69) is 6.07 Å². The Kier molecular flexibility index (Phi) is 2.98. The molecule has 1 aliphatic rings. The zero-order valence-electron chi connectivity index (χ0n) is 5.97. The highest BCUT2D eigenvalue weighted by molar-refractivity contribution is 5.06. The maximum Gasteiger partial charge on any atom is 0.0663 e. The molecule has 0 N–H and O–H groups in total. The summed E-state index contributed by atoms with van der Waals surface area (Å²) in [5.74, 6) is 0. The molecule has 0 bridgehead atoms. The van der Waals surface area contributed by atoms with Crippen LogP contribution in [0, 0.1) is 11.3 Å². The quantitative estimate of drug-likeness (QED) is 0.515. The Labute approximate surface area is 61.1 Å². The zero-order chi connectivity index (χ0) is 7.23. The lowest BCUT2D eigenvalue weighted by Crippen LogP contribution is -2.06. The first-order valence-electron chi connectivity index (χ1n) is 3.56. The minimum Gasteiger partial charge on any atom is -0.381 e. The molecule has 0 aliphatic carbocycles. The van der Waals surface area contributed by atoms with Gasteiger partial charge in [0.2, 0.25) is 0 Å². The highest BCUT2D eigenvalue weighted by atomic mass is 16.5. The van der Waals surface area contributed by atoms with Gasteiger partial charge < -0.3 is 4.74 Å². The number of allylic oxidation sites excluding steroid dienone is 1. The number of hydrogen-bond donors (Lipinski definition) is 0. The molecule has 0 unspecified atom stereocenters. The predicted octanol–water partition coefficient (Wildman–Crippen LogP) is 1.64. The molecular formula is C8H11NO. The van der Waals surface area contributed by atoms with Crippen molar-refractivity contribution in [1.29, 1.82) is 5.26 Å². The molecule has 1 heterocycles. The van der Waals surface area contributed by atoms with Crippen LogP contribution in [0.1, 0.15) is 19.3 Å².